The van der Waals surface area contributed by atoms with E-state index in [1.165, 1.54) is 24.0 Å². The Balaban J connectivity index is 0.00000176. The molecule has 1 saturated carbocycles. The molecule has 1 heterocycles. The Kier molecular flexibility index (Phi) is 5.82. The third-order valence-corrected chi connectivity index (χ3v) is 3.57. The molecule has 118 valence electrons. The first-order valence-corrected chi connectivity index (χ1v) is 7.30. The molecule has 1 aromatic heterocycles. The minimum Gasteiger partial charge on any atom is -0.354 e. The highest BCUT2D eigenvalue weighted by Crippen LogP contribution is 2.20. The topological polar surface area (TPSA) is 54.2 Å². The number of hydrogen-bond donors (Lipinski definition) is 2. The third kappa shape index (κ3) is 4.46. The Labute approximate surface area is 148 Å². The highest BCUT2D eigenvalue weighted by molar-refractivity contribution is 14.0. The fourth-order valence-corrected chi connectivity index (χ4v) is 2.23. The number of hydrogen-bond acceptors (Lipinski definition) is 2. The number of aliphatic imine (C=N–C) groups is 1. The summed E-state index contributed by atoms with van der Waals surface area (Å²) in [5.74, 6) is 0.879. The summed E-state index contributed by atoms with van der Waals surface area (Å²) in [7, 11) is 3.74. The molecule has 1 aliphatic carbocycles. The van der Waals surface area contributed by atoms with E-state index in [-0.39, 0.29) is 24.0 Å². The average molecular weight is 411 g/mol. The van der Waals surface area contributed by atoms with E-state index in [1.807, 2.05) is 31.2 Å². The summed E-state index contributed by atoms with van der Waals surface area (Å²) in [6.07, 6.45) is 6.41. The lowest BCUT2D eigenvalue weighted by atomic mass is 10.1. The Morgan fingerprint density at radius 3 is 2.82 bits per heavy atom. The third-order valence-electron chi connectivity index (χ3n) is 3.57. The quantitative estimate of drug-likeness (QED) is 0.462. The van der Waals surface area contributed by atoms with Crippen LogP contribution in [0.1, 0.15) is 18.4 Å². The fraction of sp³-hybridized carbons (Fsp3) is 0.375. The van der Waals surface area contributed by atoms with Crippen LogP contribution in [0.2, 0.25) is 0 Å². The predicted octanol–water partition coefficient (Wildman–Crippen LogP) is 2.53. The highest BCUT2D eigenvalue weighted by atomic mass is 127. The van der Waals surface area contributed by atoms with Crippen molar-refractivity contribution >= 4 is 29.9 Å². The SMILES string of the molecule is CN=C(NCc1cccc(-c2cnn(C)c2)c1)NC1CC1.I. The second-order valence-electron chi connectivity index (χ2n) is 5.45. The van der Waals surface area contributed by atoms with E-state index in [9.17, 15) is 0 Å². The number of benzene rings is 1. The highest BCUT2D eigenvalue weighted by Gasteiger charge is 2.21. The van der Waals surface area contributed by atoms with Gasteiger partial charge in [0.15, 0.2) is 5.96 Å². The molecular formula is C16H22IN5. The van der Waals surface area contributed by atoms with E-state index in [2.05, 4.69) is 45.0 Å². The van der Waals surface area contributed by atoms with Crippen molar-refractivity contribution in [3.63, 3.8) is 0 Å². The molecule has 5 nitrogen and oxygen atoms in total. The van der Waals surface area contributed by atoms with Crippen molar-refractivity contribution in [2.45, 2.75) is 25.4 Å². The number of rotatable bonds is 4. The molecule has 0 spiro atoms. The second-order valence-corrected chi connectivity index (χ2v) is 5.45. The monoisotopic (exact) mass is 411 g/mol. The second kappa shape index (κ2) is 7.62. The fourth-order valence-electron chi connectivity index (χ4n) is 2.23. The van der Waals surface area contributed by atoms with Crippen LogP contribution in [0.25, 0.3) is 11.1 Å². The maximum atomic E-state index is 4.25. The van der Waals surface area contributed by atoms with Gasteiger partial charge in [-0.05, 0) is 30.0 Å². The molecule has 0 unspecified atom stereocenters. The first kappa shape index (κ1) is 16.8. The molecule has 2 aromatic rings. The van der Waals surface area contributed by atoms with Crippen LogP contribution in [0.3, 0.4) is 0 Å². The molecule has 1 fully saturated rings. The Morgan fingerprint density at radius 2 is 2.18 bits per heavy atom. The molecule has 2 N–H and O–H groups in total. The van der Waals surface area contributed by atoms with Gasteiger partial charge in [0.2, 0.25) is 0 Å². The van der Waals surface area contributed by atoms with Gasteiger partial charge in [-0.2, -0.15) is 5.10 Å². The Morgan fingerprint density at radius 1 is 1.36 bits per heavy atom. The molecule has 0 radical (unpaired) electrons. The van der Waals surface area contributed by atoms with E-state index >= 15 is 0 Å². The summed E-state index contributed by atoms with van der Waals surface area (Å²) in [5.41, 5.74) is 3.56. The molecule has 0 saturated heterocycles. The van der Waals surface area contributed by atoms with Gasteiger partial charge in [-0.3, -0.25) is 9.67 Å². The standard InChI is InChI=1S/C16H21N5.HI/c1-17-16(20-15-6-7-15)18-9-12-4-3-5-13(8-12)14-10-19-21(2)11-14;/h3-5,8,10-11,15H,6-7,9H2,1-2H3,(H2,17,18,20);1H. The van der Waals surface area contributed by atoms with Crippen LogP contribution < -0.4 is 10.6 Å². The predicted molar refractivity (Wildman–Crippen MR) is 100 cm³/mol. The normalized spacial score (nSPS) is 14.4. The van der Waals surface area contributed by atoms with Crippen LogP contribution in [0, 0.1) is 0 Å². The van der Waals surface area contributed by atoms with Crippen molar-refractivity contribution in [3.05, 3.63) is 42.2 Å². The van der Waals surface area contributed by atoms with Crippen molar-refractivity contribution in [2.24, 2.45) is 12.0 Å². The van der Waals surface area contributed by atoms with Crippen molar-refractivity contribution in [1.29, 1.82) is 0 Å². The van der Waals surface area contributed by atoms with Crippen LogP contribution in [-0.2, 0) is 13.6 Å². The summed E-state index contributed by atoms with van der Waals surface area (Å²) in [6, 6.07) is 9.11. The van der Waals surface area contributed by atoms with E-state index in [1.54, 1.807) is 0 Å². The molecule has 1 aromatic carbocycles. The van der Waals surface area contributed by atoms with Crippen LogP contribution in [-0.4, -0.2) is 28.8 Å². The number of nitrogens with one attached hydrogen (secondary N) is 2. The van der Waals surface area contributed by atoms with Crippen LogP contribution >= 0.6 is 24.0 Å². The summed E-state index contributed by atoms with van der Waals surface area (Å²) in [6.45, 7) is 0.764. The zero-order valence-corrected chi connectivity index (χ0v) is 15.2. The van der Waals surface area contributed by atoms with E-state index in [0.29, 0.717) is 6.04 Å². The lowest BCUT2D eigenvalue weighted by Gasteiger charge is -2.11. The van der Waals surface area contributed by atoms with E-state index < -0.39 is 0 Å². The smallest absolute Gasteiger partial charge is 0.191 e. The minimum atomic E-state index is 0. The van der Waals surface area contributed by atoms with Gasteiger partial charge in [0.05, 0.1) is 6.20 Å². The van der Waals surface area contributed by atoms with E-state index in [4.69, 9.17) is 0 Å². The van der Waals surface area contributed by atoms with Gasteiger partial charge in [-0.1, -0.05) is 18.2 Å². The summed E-state index contributed by atoms with van der Waals surface area (Å²) < 4.78 is 1.82. The number of aryl methyl sites for hydroxylation is 1. The van der Waals surface area contributed by atoms with Crippen molar-refractivity contribution in [3.8, 4) is 11.1 Å². The van der Waals surface area contributed by atoms with Crippen LogP contribution in [0.15, 0.2) is 41.7 Å². The molecule has 0 aliphatic heterocycles. The van der Waals surface area contributed by atoms with Gasteiger partial charge in [-0.25, -0.2) is 0 Å². The largest absolute Gasteiger partial charge is 0.354 e. The molecule has 22 heavy (non-hydrogen) atoms. The number of aromatic nitrogens is 2. The molecule has 1 aliphatic rings. The Hall–Kier alpha value is -1.57. The van der Waals surface area contributed by atoms with Crippen molar-refractivity contribution in [1.82, 2.24) is 20.4 Å². The minimum absolute atomic E-state index is 0. The summed E-state index contributed by atoms with van der Waals surface area (Å²) in [5, 5.41) is 11.0. The average Bonchev–Trinajstić information content (AvgIpc) is 3.22. The van der Waals surface area contributed by atoms with Gasteiger partial charge in [-0.15, -0.1) is 24.0 Å². The van der Waals surface area contributed by atoms with E-state index in [0.717, 1.165) is 18.1 Å². The molecule has 0 amide bonds. The maximum absolute atomic E-state index is 4.25. The first-order chi connectivity index (χ1) is 10.2. The lowest BCUT2D eigenvalue weighted by molar-refractivity contribution is 0.768. The van der Waals surface area contributed by atoms with Gasteiger partial charge < -0.3 is 10.6 Å². The van der Waals surface area contributed by atoms with Crippen LogP contribution in [0.5, 0.6) is 0 Å². The van der Waals surface area contributed by atoms with Gasteiger partial charge in [0.25, 0.3) is 0 Å². The maximum Gasteiger partial charge on any atom is 0.191 e. The van der Waals surface area contributed by atoms with Gasteiger partial charge in [0.1, 0.15) is 0 Å². The Bertz CT molecular complexity index is 645. The zero-order valence-electron chi connectivity index (χ0n) is 12.9. The number of guanidine groups is 1. The molecule has 0 atom stereocenters. The lowest BCUT2D eigenvalue weighted by Crippen LogP contribution is -2.38. The first-order valence-electron chi connectivity index (χ1n) is 7.30. The van der Waals surface area contributed by atoms with Gasteiger partial charge >= 0.3 is 0 Å². The van der Waals surface area contributed by atoms with Crippen molar-refractivity contribution < 1.29 is 0 Å². The molecule has 3 rings (SSSR count). The molecular weight excluding hydrogens is 389 g/mol. The summed E-state index contributed by atoms with van der Waals surface area (Å²) in [4.78, 5) is 4.25. The zero-order chi connectivity index (χ0) is 14.7. The van der Waals surface area contributed by atoms with Crippen molar-refractivity contribution in [2.75, 3.05) is 7.05 Å². The number of nitrogens with zero attached hydrogens (tertiary/aromatic N) is 3. The van der Waals surface area contributed by atoms with Gasteiger partial charge in [0, 0.05) is 38.4 Å². The summed E-state index contributed by atoms with van der Waals surface area (Å²) >= 11 is 0. The number of halogens is 1. The molecule has 0 bridgehead atoms. The van der Waals surface area contributed by atoms with Crippen LogP contribution in [0.4, 0.5) is 0 Å². The molecule has 6 heteroatoms.